The van der Waals surface area contributed by atoms with Crippen molar-refractivity contribution < 1.29 is 14.3 Å². The number of rotatable bonds is 4. The molecule has 3 aromatic rings. The quantitative estimate of drug-likeness (QED) is 0.684. The number of aromatic nitrogens is 1. The fourth-order valence-corrected chi connectivity index (χ4v) is 2.67. The second-order valence-electron chi connectivity index (χ2n) is 5.59. The molecule has 1 amide bonds. The summed E-state index contributed by atoms with van der Waals surface area (Å²) in [5.74, 6) is -1.10. The number of anilines is 1. The number of hydrogen-bond donors (Lipinski definition) is 2. The van der Waals surface area contributed by atoms with Crippen LogP contribution in [0, 0.1) is 11.3 Å². The molecule has 2 aromatic carbocycles. The molecule has 26 heavy (non-hydrogen) atoms. The van der Waals surface area contributed by atoms with Gasteiger partial charge < -0.3 is 15.0 Å². The van der Waals surface area contributed by atoms with Gasteiger partial charge in [0.25, 0.3) is 5.91 Å². The number of halogens is 1. The minimum Gasteiger partial charge on any atom is -0.449 e. The lowest BCUT2D eigenvalue weighted by atomic mass is 10.2. The summed E-state index contributed by atoms with van der Waals surface area (Å²) in [5.41, 5.74) is 1.89. The number of hydrogen-bond acceptors (Lipinski definition) is 4. The molecule has 0 saturated heterocycles. The Kier molecular flexibility index (Phi) is 4.92. The van der Waals surface area contributed by atoms with E-state index in [1.165, 1.54) is 19.1 Å². The highest BCUT2D eigenvalue weighted by atomic mass is 35.5. The summed E-state index contributed by atoms with van der Waals surface area (Å²) in [5, 5.41) is 12.4. The molecule has 130 valence electrons. The van der Waals surface area contributed by atoms with Crippen molar-refractivity contribution in [3.8, 4) is 6.07 Å². The molecule has 0 spiro atoms. The van der Waals surface area contributed by atoms with E-state index in [0.717, 1.165) is 10.9 Å². The monoisotopic (exact) mass is 367 g/mol. The largest absolute Gasteiger partial charge is 0.449 e. The lowest BCUT2D eigenvalue weighted by Gasteiger charge is -2.13. The second kappa shape index (κ2) is 7.30. The van der Waals surface area contributed by atoms with Crippen LogP contribution in [0.15, 0.2) is 48.7 Å². The molecule has 0 saturated carbocycles. The van der Waals surface area contributed by atoms with Gasteiger partial charge in [-0.2, -0.15) is 5.26 Å². The molecule has 2 N–H and O–H groups in total. The highest BCUT2D eigenvalue weighted by Gasteiger charge is 2.21. The van der Waals surface area contributed by atoms with Crippen molar-refractivity contribution in [1.29, 1.82) is 5.26 Å². The van der Waals surface area contributed by atoms with E-state index < -0.39 is 18.0 Å². The highest BCUT2D eigenvalue weighted by molar-refractivity contribution is 6.32. The Morgan fingerprint density at radius 1 is 1.27 bits per heavy atom. The summed E-state index contributed by atoms with van der Waals surface area (Å²) >= 11 is 5.94. The molecule has 0 radical (unpaired) electrons. The fraction of sp³-hybridized carbons (Fsp3) is 0.105. The number of nitriles is 1. The van der Waals surface area contributed by atoms with Crippen LogP contribution in [0.2, 0.25) is 5.02 Å². The first-order valence-corrected chi connectivity index (χ1v) is 8.15. The van der Waals surface area contributed by atoms with Gasteiger partial charge in [0, 0.05) is 22.8 Å². The zero-order valence-electron chi connectivity index (χ0n) is 13.7. The lowest BCUT2D eigenvalue weighted by Crippen LogP contribution is -2.30. The van der Waals surface area contributed by atoms with Crippen LogP contribution >= 0.6 is 11.6 Å². The molecule has 0 aliphatic rings. The van der Waals surface area contributed by atoms with Crippen molar-refractivity contribution in [3.05, 3.63) is 64.8 Å². The van der Waals surface area contributed by atoms with Crippen LogP contribution in [-0.2, 0) is 9.53 Å². The van der Waals surface area contributed by atoms with Gasteiger partial charge in [0.1, 0.15) is 6.07 Å². The first-order chi connectivity index (χ1) is 12.5. The molecule has 1 atom stereocenters. The van der Waals surface area contributed by atoms with Gasteiger partial charge in [-0.25, -0.2) is 4.79 Å². The minimum atomic E-state index is -1.01. The lowest BCUT2D eigenvalue weighted by molar-refractivity contribution is -0.123. The number of ether oxygens (including phenoxy) is 1. The Hall–Kier alpha value is -3.30. The van der Waals surface area contributed by atoms with Gasteiger partial charge in [-0.05, 0) is 31.2 Å². The zero-order valence-corrected chi connectivity index (χ0v) is 14.5. The Morgan fingerprint density at radius 2 is 2.04 bits per heavy atom. The van der Waals surface area contributed by atoms with Crippen LogP contribution in [0.25, 0.3) is 10.9 Å². The van der Waals surface area contributed by atoms with Crippen LogP contribution in [0.4, 0.5) is 5.69 Å². The molecule has 7 heteroatoms. The Bertz CT molecular complexity index is 1040. The third-order valence-electron chi connectivity index (χ3n) is 3.82. The van der Waals surface area contributed by atoms with Gasteiger partial charge in [0.2, 0.25) is 0 Å². The zero-order chi connectivity index (χ0) is 18.7. The summed E-state index contributed by atoms with van der Waals surface area (Å²) in [6, 6.07) is 13.8. The van der Waals surface area contributed by atoms with Crippen molar-refractivity contribution in [3.63, 3.8) is 0 Å². The van der Waals surface area contributed by atoms with Gasteiger partial charge in [0.05, 0.1) is 16.1 Å². The molecule has 3 rings (SSSR count). The first kappa shape index (κ1) is 17.5. The van der Waals surface area contributed by atoms with Crippen LogP contribution in [0.3, 0.4) is 0 Å². The van der Waals surface area contributed by atoms with Crippen molar-refractivity contribution in [2.75, 3.05) is 5.32 Å². The number of benzene rings is 2. The van der Waals surface area contributed by atoms with Crippen molar-refractivity contribution in [1.82, 2.24) is 4.98 Å². The van der Waals surface area contributed by atoms with Crippen LogP contribution in [-0.4, -0.2) is 23.0 Å². The van der Waals surface area contributed by atoms with Crippen LogP contribution in [0.1, 0.15) is 22.8 Å². The molecule has 1 unspecified atom stereocenters. The molecule has 0 fully saturated rings. The van der Waals surface area contributed by atoms with Crippen LogP contribution < -0.4 is 5.32 Å². The smallest absolute Gasteiger partial charge is 0.341 e. The molecular weight excluding hydrogens is 354 g/mol. The second-order valence-corrected chi connectivity index (χ2v) is 6.00. The predicted molar refractivity (Wildman–Crippen MR) is 98.0 cm³/mol. The number of carbonyl (C=O) groups is 2. The van der Waals surface area contributed by atoms with E-state index in [1.54, 1.807) is 18.3 Å². The Morgan fingerprint density at radius 3 is 2.77 bits per heavy atom. The SMILES string of the molecule is CC(OC(=O)c1c[nH]c2ccccc12)C(=O)Nc1ccc(C#N)c(Cl)c1. The molecule has 0 aliphatic carbocycles. The van der Waals surface area contributed by atoms with E-state index >= 15 is 0 Å². The third kappa shape index (κ3) is 3.53. The van der Waals surface area contributed by atoms with E-state index in [0.29, 0.717) is 16.8 Å². The average molecular weight is 368 g/mol. The molecule has 1 heterocycles. The van der Waals surface area contributed by atoms with Crippen molar-refractivity contribution in [2.45, 2.75) is 13.0 Å². The van der Waals surface area contributed by atoms with E-state index in [9.17, 15) is 9.59 Å². The summed E-state index contributed by atoms with van der Waals surface area (Å²) in [6.45, 7) is 1.48. The summed E-state index contributed by atoms with van der Waals surface area (Å²) in [4.78, 5) is 27.6. The molecule has 6 nitrogen and oxygen atoms in total. The summed E-state index contributed by atoms with van der Waals surface area (Å²) < 4.78 is 5.26. The predicted octanol–water partition coefficient (Wildman–Crippen LogP) is 3.88. The Labute approximate surface area is 154 Å². The number of aromatic amines is 1. The average Bonchev–Trinajstić information content (AvgIpc) is 3.06. The fourth-order valence-electron chi connectivity index (χ4n) is 2.45. The summed E-state index contributed by atoms with van der Waals surface area (Å²) in [6.07, 6.45) is 0.545. The number of fused-ring (bicyclic) bond motifs is 1. The molecule has 1 aromatic heterocycles. The maximum atomic E-state index is 12.3. The van der Waals surface area contributed by atoms with E-state index in [-0.39, 0.29) is 5.02 Å². The highest BCUT2D eigenvalue weighted by Crippen LogP contribution is 2.21. The number of nitrogens with zero attached hydrogens (tertiary/aromatic N) is 1. The Balaban J connectivity index is 1.68. The maximum Gasteiger partial charge on any atom is 0.341 e. The number of H-pyrrole nitrogens is 1. The number of nitrogens with one attached hydrogen (secondary N) is 2. The third-order valence-corrected chi connectivity index (χ3v) is 4.13. The first-order valence-electron chi connectivity index (χ1n) is 7.77. The number of para-hydroxylation sites is 1. The van der Waals surface area contributed by atoms with Crippen molar-refractivity contribution in [2.24, 2.45) is 0 Å². The van der Waals surface area contributed by atoms with Gasteiger partial charge in [-0.3, -0.25) is 4.79 Å². The van der Waals surface area contributed by atoms with Gasteiger partial charge in [0.15, 0.2) is 6.10 Å². The molecule has 0 aliphatic heterocycles. The van der Waals surface area contributed by atoms with Gasteiger partial charge in [-0.1, -0.05) is 29.8 Å². The number of esters is 1. The van der Waals surface area contributed by atoms with Gasteiger partial charge in [-0.15, -0.1) is 0 Å². The number of carbonyl (C=O) groups excluding carboxylic acids is 2. The number of amides is 1. The summed E-state index contributed by atoms with van der Waals surface area (Å²) in [7, 11) is 0. The van der Waals surface area contributed by atoms with E-state index in [2.05, 4.69) is 10.3 Å². The normalized spacial score (nSPS) is 11.6. The van der Waals surface area contributed by atoms with Crippen molar-refractivity contribution >= 4 is 40.1 Å². The standard InChI is InChI=1S/C19H14ClN3O3/c1-11(18(24)23-13-7-6-12(9-21)16(20)8-13)26-19(25)15-10-22-17-5-3-2-4-14(15)17/h2-8,10-11,22H,1H3,(H,23,24). The van der Waals surface area contributed by atoms with Crippen LogP contribution in [0.5, 0.6) is 0 Å². The molecular formula is C19H14ClN3O3. The topological polar surface area (TPSA) is 95.0 Å². The van der Waals surface area contributed by atoms with E-state index in [1.807, 2.05) is 24.3 Å². The minimum absolute atomic E-state index is 0.230. The van der Waals surface area contributed by atoms with Gasteiger partial charge >= 0.3 is 5.97 Å². The maximum absolute atomic E-state index is 12.3. The van der Waals surface area contributed by atoms with E-state index in [4.69, 9.17) is 21.6 Å². The molecule has 0 bridgehead atoms.